The zero-order chi connectivity index (χ0) is 6.28. The number of hydrogen-bond donors (Lipinski definition) is 2. The maximum absolute atomic E-state index is 9.44. The van der Waals surface area contributed by atoms with E-state index in [9.17, 15) is 4.79 Å². The topological polar surface area (TPSA) is 57.5 Å². The first-order valence-electron chi connectivity index (χ1n) is 1.72. The van der Waals surface area contributed by atoms with Crippen LogP contribution in [0.2, 0.25) is 0 Å². The summed E-state index contributed by atoms with van der Waals surface area (Å²) >= 11 is 0. The molecule has 0 amide bonds. The van der Waals surface area contributed by atoms with Gasteiger partial charge in [0.1, 0.15) is 5.78 Å². The molecular formula is C3H8BO3. The second-order valence-corrected chi connectivity index (χ2v) is 1.02. The maximum atomic E-state index is 9.44. The smallest absolute Gasteiger partial charge is 0.429 e. The van der Waals surface area contributed by atoms with E-state index in [1.165, 1.54) is 13.8 Å². The van der Waals surface area contributed by atoms with Gasteiger partial charge >= 0.3 is 7.69 Å². The predicted molar refractivity (Wildman–Crippen MR) is 26.5 cm³/mol. The predicted octanol–water partition coefficient (Wildman–Crippen LogP) is -0.900. The van der Waals surface area contributed by atoms with Crippen LogP contribution >= 0.6 is 0 Å². The average molecular weight is 103 g/mol. The van der Waals surface area contributed by atoms with Gasteiger partial charge in [-0.15, -0.1) is 0 Å². The Bertz CT molecular complexity index is 41.4. The van der Waals surface area contributed by atoms with Crippen molar-refractivity contribution in [3.63, 3.8) is 0 Å². The first-order chi connectivity index (χ1) is 3.15. The van der Waals surface area contributed by atoms with E-state index in [0.29, 0.717) is 0 Å². The second-order valence-electron chi connectivity index (χ2n) is 1.02. The summed E-state index contributed by atoms with van der Waals surface area (Å²) in [7, 11) is 0. The lowest BCUT2D eigenvalue weighted by atomic mass is 10.5. The van der Waals surface area contributed by atoms with Crippen LogP contribution in [0.5, 0.6) is 0 Å². The van der Waals surface area contributed by atoms with E-state index in [2.05, 4.69) is 0 Å². The standard InChI is InChI=1S/C3H6O.BH2O2/c1-3(2)4;2-1-3/h1-2H3;2-3H. The van der Waals surface area contributed by atoms with Gasteiger partial charge in [0, 0.05) is 0 Å². The normalized spacial score (nSPS) is 5.71. The van der Waals surface area contributed by atoms with Crippen molar-refractivity contribution in [2.45, 2.75) is 13.8 Å². The van der Waals surface area contributed by atoms with E-state index in [1.807, 2.05) is 0 Å². The minimum atomic E-state index is 0. The molecule has 0 saturated carbocycles. The summed E-state index contributed by atoms with van der Waals surface area (Å²) in [5.41, 5.74) is 0. The molecule has 0 bridgehead atoms. The summed E-state index contributed by atoms with van der Waals surface area (Å²) < 4.78 is 0. The lowest BCUT2D eigenvalue weighted by molar-refractivity contribution is -0.114. The van der Waals surface area contributed by atoms with Gasteiger partial charge in [0.25, 0.3) is 0 Å². The largest absolute Gasteiger partial charge is 0.482 e. The summed E-state index contributed by atoms with van der Waals surface area (Å²) in [6.07, 6.45) is 0. The summed E-state index contributed by atoms with van der Waals surface area (Å²) in [6.45, 7) is 3.06. The lowest BCUT2D eigenvalue weighted by Gasteiger charge is -1.56. The minimum Gasteiger partial charge on any atom is -0.429 e. The molecule has 0 rings (SSSR count). The second kappa shape index (κ2) is 9.17. The molecule has 0 aromatic rings. The third-order valence-electron chi connectivity index (χ3n) is 0. The Hall–Kier alpha value is -0.345. The molecule has 0 saturated heterocycles. The Kier molecular flexibility index (Phi) is 12.9. The van der Waals surface area contributed by atoms with Gasteiger partial charge in [-0.2, -0.15) is 0 Å². The number of Topliss-reactive ketones (excluding diaryl/α,β-unsaturated/α-hetero) is 1. The average Bonchev–Trinajstić information content (AvgIpc) is 1.33. The van der Waals surface area contributed by atoms with Crippen LogP contribution in [0.3, 0.4) is 0 Å². The Morgan fingerprint density at radius 2 is 1.43 bits per heavy atom. The summed E-state index contributed by atoms with van der Waals surface area (Å²) in [4.78, 5) is 9.44. The maximum Gasteiger partial charge on any atom is 0.482 e. The SMILES string of the molecule is CC(C)=O.O[B]O. The molecule has 0 atom stereocenters. The summed E-state index contributed by atoms with van der Waals surface area (Å²) in [5.74, 6) is 0.167. The molecule has 0 aromatic carbocycles. The van der Waals surface area contributed by atoms with Gasteiger partial charge < -0.3 is 14.8 Å². The molecule has 4 heteroatoms. The monoisotopic (exact) mass is 103 g/mol. The zero-order valence-electron chi connectivity index (χ0n) is 4.38. The molecule has 0 fully saturated rings. The highest BCUT2D eigenvalue weighted by atomic mass is 16.4. The van der Waals surface area contributed by atoms with Crippen LogP contribution in [0.25, 0.3) is 0 Å². The molecule has 1 radical (unpaired) electrons. The van der Waals surface area contributed by atoms with Crippen molar-refractivity contribution in [1.82, 2.24) is 0 Å². The number of rotatable bonds is 0. The third kappa shape index (κ3) is 634. The molecule has 2 N–H and O–H groups in total. The number of ketones is 1. The summed E-state index contributed by atoms with van der Waals surface area (Å²) in [5, 5.41) is 14.0. The first-order valence-corrected chi connectivity index (χ1v) is 1.72. The highest BCUT2D eigenvalue weighted by Gasteiger charge is 1.62. The molecule has 0 aliphatic carbocycles. The van der Waals surface area contributed by atoms with Gasteiger partial charge in [0.05, 0.1) is 0 Å². The van der Waals surface area contributed by atoms with E-state index in [4.69, 9.17) is 10.0 Å². The van der Waals surface area contributed by atoms with Crippen LogP contribution in [0.1, 0.15) is 13.8 Å². The van der Waals surface area contributed by atoms with Gasteiger partial charge in [-0.3, -0.25) is 0 Å². The Balaban J connectivity index is 0. The van der Waals surface area contributed by atoms with Crippen LogP contribution in [0.4, 0.5) is 0 Å². The molecule has 0 heterocycles. The highest BCUT2D eigenvalue weighted by molar-refractivity contribution is 6.13. The van der Waals surface area contributed by atoms with E-state index in [-0.39, 0.29) is 13.5 Å². The Morgan fingerprint density at radius 1 is 1.43 bits per heavy atom. The Labute approximate surface area is 43.3 Å². The molecule has 3 nitrogen and oxygen atoms in total. The molecule has 41 valence electrons. The van der Waals surface area contributed by atoms with E-state index in [1.54, 1.807) is 0 Å². The Morgan fingerprint density at radius 3 is 1.43 bits per heavy atom. The van der Waals surface area contributed by atoms with E-state index in [0.717, 1.165) is 0 Å². The molecule has 7 heavy (non-hydrogen) atoms. The van der Waals surface area contributed by atoms with Gasteiger partial charge in [0.2, 0.25) is 0 Å². The third-order valence-corrected chi connectivity index (χ3v) is 0. The van der Waals surface area contributed by atoms with Gasteiger partial charge in [0.15, 0.2) is 0 Å². The van der Waals surface area contributed by atoms with Crippen LogP contribution in [0, 0.1) is 0 Å². The molecule has 0 aliphatic heterocycles. The van der Waals surface area contributed by atoms with Gasteiger partial charge in [-0.25, -0.2) is 0 Å². The molecule has 0 spiro atoms. The number of carbonyl (C=O) groups is 1. The van der Waals surface area contributed by atoms with Crippen molar-refractivity contribution >= 4 is 13.5 Å². The van der Waals surface area contributed by atoms with E-state index >= 15 is 0 Å². The molecular weight excluding hydrogens is 94.8 g/mol. The van der Waals surface area contributed by atoms with Crippen molar-refractivity contribution in [1.29, 1.82) is 0 Å². The number of carbonyl (C=O) groups excluding carboxylic acids is 1. The molecule has 0 aliphatic rings. The summed E-state index contributed by atoms with van der Waals surface area (Å²) in [6, 6.07) is 0. The van der Waals surface area contributed by atoms with Crippen molar-refractivity contribution in [2.75, 3.05) is 0 Å². The van der Waals surface area contributed by atoms with Gasteiger partial charge in [-0.1, -0.05) is 0 Å². The van der Waals surface area contributed by atoms with Crippen LogP contribution in [0.15, 0.2) is 0 Å². The van der Waals surface area contributed by atoms with E-state index < -0.39 is 0 Å². The first kappa shape index (κ1) is 9.82. The fraction of sp³-hybridized carbons (Fsp3) is 0.667. The zero-order valence-corrected chi connectivity index (χ0v) is 4.38. The van der Waals surface area contributed by atoms with Gasteiger partial charge in [-0.05, 0) is 13.8 Å². The molecule has 0 unspecified atom stereocenters. The van der Waals surface area contributed by atoms with Crippen molar-refractivity contribution in [3.8, 4) is 0 Å². The fourth-order valence-electron chi connectivity index (χ4n) is 0. The lowest BCUT2D eigenvalue weighted by Crippen LogP contribution is -1.75. The highest BCUT2D eigenvalue weighted by Crippen LogP contribution is 1.50. The fourth-order valence-corrected chi connectivity index (χ4v) is 0. The quantitative estimate of drug-likeness (QED) is 0.390. The minimum absolute atomic E-state index is 0. The number of hydrogen-bond acceptors (Lipinski definition) is 3. The van der Waals surface area contributed by atoms with Crippen molar-refractivity contribution < 1.29 is 14.8 Å². The van der Waals surface area contributed by atoms with Crippen LogP contribution in [-0.2, 0) is 4.79 Å². The van der Waals surface area contributed by atoms with Crippen molar-refractivity contribution in [2.24, 2.45) is 0 Å². The van der Waals surface area contributed by atoms with Crippen LogP contribution < -0.4 is 0 Å². The van der Waals surface area contributed by atoms with Crippen LogP contribution in [-0.4, -0.2) is 23.5 Å². The van der Waals surface area contributed by atoms with Crippen molar-refractivity contribution in [3.05, 3.63) is 0 Å². The molecule has 0 aromatic heterocycles.